The minimum atomic E-state index is -2.08. The number of esters is 1. The number of halogens is 2. The highest BCUT2D eigenvalue weighted by atomic mass is 32.2. The average Bonchev–Trinajstić information content (AvgIpc) is 3.26. The standard InChI is InChI=1S/C23H30F2O4.C4H9NO.C2H4OS.C2H6.CH4S/c1-5-19(28)29-22(4)9-7-14-15-11-17(24)16-10-13(26)6-8-20(16,2)23(15,25)18(27)12-21(14,22)3;1-3-5(2)4-6;1-4-2-3;2*1-2/h6,8,10,14-15,17-18,27H,5,7,9,11-12H2,1-4H3;4H,3H2,1-2H3;2H,1H3;1-2H3;2H,1H3/t14?,15?,17-,18?,20?,21-,22+,23-;;;;/m0..../s1. The predicted octanol–water partition coefficient (Wildman–Crippen LogP) is 6.22. The Morgan fingerprint density at radius 2 is 1.77 bits per heavy atom. The van der Waals surface area contributed by atoms with Crippen LogP contribution in [0.3, 0.4) is 0 Å². The maximum absolute atomic E-state index is 16.9. The SMILES string of the molecule is CC.CCC(=O)O[C@]1(C)CCC2C3C[C@H](F)C4=CC(=O)C=CC4(C)[C@@]3(F)C(O)C[C@@]21C.CCN(C)C=O.CS.CSC=O. The number of nitrogens with zero attached hydrogens (tertiary/aromatic N) is 1. The summed E-state index contributed by atoms with van der Waals surface area (Å²) in [4.78, 5) is 44.3. The Labute approximate surface area is 267 Å². The van der Waals surface area contributed by atoms with Crippen LogP contribution in [0, 0.1) is 22.7 Å². The number of thiol groups is 1. The van der Waals surface area contributed by atoms with Gasteiger partial charge in [-0.25, -0.2) is 8.78 Å². The Morgan fingerprint density at radius 1 is 1.21 bits per heavy atom. The first kappa shape index (κ1) is 41.3. The largest absolute Gasteiger partial charge is 0.459 e. The summed E-state index contributed by atoms with van der Waals surface area (Å²) >= 11 is 4.70. The van der Waals surface area contributed by atoms with Crippen LogP contribution < -0.4 is 0 Å². The number of carbonyl (C=O) groups is 4. The molecule has 8 atom stereocenters. The molecular formula is C32H53F2NO6S2. The second-order valence-corrected chi connectivity index (χ2v) is 12.1. The van der Waals surface area contributed by atoms with Crippen LogP contribution in [0.5, 0.6) is 0 Å². The zero-order chi connectivity index (χ0) is 33.8. The third-order valence-corrected chi connectivity index (χ3v) is 9.75. The monoisotopic (exact) mass is 649 g/mol. The van der Waals surface area contributed by atoms with Gasteiger partial charge in [-0.15, -0.1) is 0 Å². The maximum Gasteiger partial charge on any atom is 0.306 e. The van der Waals surface area contributed by atoms with Crippen molar-refractivity contribution in [3.8, 4) is 0 Å². The van der Waals surface area contributed by atoms with E-state index in [0.29, 0.717) is 12.8 Å². The Morgan fingerprint density at radius 3 is 2.21 bits per heavy atom. The van der Waals surface area contributed by atoms with Gasteiger partial charge in [0.05, 0.1) is 6.10 Å². The zero-order valence-corrected chi connectivity index (χ0v) is 29.2. The summed E-state index contributed by atoms with van der Waals surface area (Å²) in [7, 11) is 1.74. The van der Waals surface area contributed by atoms with Crippen molar-refractivity contribution < 1.29 is 37.8 Å². The number of ketones is 1. The molecule has 0 saturated heterocycles. The van der Waals surface area contributed by atoms with Crippen molar-refractivity contribution >= 4 is 48.2 Å². The Balaban J connectivity index is 0.00000107. The Hall–Kier alpha value is -1.72. The number of hydrogen-bond donors (Lipinski definition) is 2. The number of amides is 1. The van der Waals surface area contributed by atoms with Crippen molar-refractivity contribution in [2.24, 2.45) is 22.7 Å². The molecule has 4 aliphatic carbocycles. The number of aliphatic hydroxyl groups is 1. The zero-order valence-electron chi connectivity index (χ0n) is 27.5. The first-order valence-electron chi connectivity index (χ1n) is 14.9. The number of thioether (sulfide) groups is 1. The molecule has 1 N–H and O–H groups in total. The Bertz CT molecular complexity index is 1010. The lowest BCUT2D eigenvalue weighted by Crippen LogP contribution is -2.69. The Kier molecular flexibility index (Phi) is 17.0. The van der Waals surface area contributed by atoms with E-state index in [1.807, 2.05) is 34.6 Å². The van der Waals surface area contributed by atoms with Crippen LogP contribution in [-0.4, -0.2) is 83.4 Å². The van der Waals surface area contributed by atoms with E-state index in [-0.39, 0.29) is 42.5 Å². The number of carbonyl (C=O) groups excluding carboxylic acids is 4. The van der Waals surface area contributed by atoms with Gasteiger partial charge < -0.3 is 14.7 Å². The summed E-state index contributed by atoms with van der Waals surface area (Å²) in [6.07, 6.45) is 6.82. The molecule has 0 bridgehead atoms. The fourth-order valence-electron chi connectivity index (χ4n) is 6.97. The predicted molar refractivity (Wildman–Crippen MR) is 174 cm³/mol. The molecule has 4 unspecified atom stereocenters. The number of alkyl halides is 2. The average molecular weight is 650 g/mol. The molecule has 3 fully saturated rings. The van der Waals surface area contributed by atoms with Crippen LogP contribution in [0.2, 0.25) is 0 Å². The summed E-state index contributed by atoms with van der Waals surface area (Å²) in [5, 5.41) is 11.2. The fraction of sp³-hybridized carbons (Fsp3) is 0.750. The van der Waals surface area contributed by atoms with Gasteiger partial charge in [0.25, 0.3) is 0 Å². The molecule has 3 saturated carbocycles. The number of rotatable bonds is 5. The number of allylic oxidation sites excluding steroid dienone is 4. The summed E-state index contributed by atoms with van der Waals surface area (Å²) in [5.74, 6) is -1.63. The van der Waals surface area contributed by atoms with Crippen LogP contribution >= 0.6 is 24.4 Å². The van der Waals surface area contributed by atoms with Gasteiger partial charge >= 0.3 is 5.97 Å². The summed E-state index contributed by atoms with van der Waals surface area (Å²) < 4.78 is 38.0. The molecule has 0 spiro atoms. The molecule has 0 heterocycles. The summed E-state index contributed by atoms with van der Waals surface area (Å²) in [5.41, 5.74) is -4.01. The van der Waals surface area contributed by atoms with E-state index >= 15 is 8.78 Å². The van der Waals surface area contributed by atoms with Gasteiger partial charge in [-0.2, -0.15) is 12.6 Å². The van der Waals surface area contributed by atoms with Crippen molar-refractivity contribution in [2.75, 3.05) is 26.1 Å². The molecule has 0 aromatic rings. The quantitative estimate of drug-likeness (QED) is 0.207. The van der Waals surface area contributed by atoms with Crippen molar-refractivity contribution in [1.82, 2.24) is 4.90 Å². The molecule has 7 nitrogen and oxygen atoms in total. The molecule has 11 heteroatoms. The lowest BCUT2D eigenvalue weighted by molar-refractivity contribution is -0.227. The van der Waals surface area contributed by atoms with E-state index in [2.05, 4.69) is 12.6 Å². The number of hydrogen-bond acceptors (Lipinski definition) is 8. The second-order valence-electron chi connectivity index (χ2n) is 11.5. The smallest absolute Gasteiger partial charge is 0.306 e. The number of fused-ring (bicyclic) bond motifs is 5. The lowest BCUT2D eigenvalue weighted by Gasteiger charge is -2.63. The molecule has 0 aromatic heterocycles. The summed E-state index contributed by atoms with van der Waals surface area (Å²) in [6.45, 7) is 13.8. The van der Waals surface area contributed by atoms with Gasteiger partial charge in [-0.1, -0.05) is 45.5 Å². The van der Waals surface area contributed by atoms with E-state index in [1.165, 1.54) is 30.0 Å². The van der Waals surface area contributed by atoms with Crippen LogP contribution in [0.4, 0.5) is 8.78 Å². The molecule has 4 aliphatic rings. The topological polar surface area (TPSA) is 101 Å². The molecule has 0 aliphatic heterocycles. The molecule has 43 heavy (non-hydrogen) atoms. The van der Waals surface area contributed by atoms with Crippen LogP contribution in [-0.2, 0) is 23.9 Å². The third-order valence-electron chi connectivity index (χ3n) is 9.56. The van der Waals surface area contributed by atoms with E-state index in [0.717, 1.165) is 18.6 Å². The molecule has 1 amide bonds. The van der Waals surface area contributed by atoms with Gasteiger partial charge in [0.15, 0.2) is 17.1 Å². The van der Waals surface area contributed by atoms with E-state index < -0.39 is 40.3 Å². The first-order valence-corrected chi connectivity index (χ1v) is 17.1. The van der Waals surface area contributed by atoms with Crippen LogP contribution in [0.1, 0.15) is 80.6 Å². The van der Waals surface area contributed by atoms with Gasteiger partial charge in [0.2, 0.25) is 6.41 Å². The molecule has 0 radical (unpaired) electrons. The van der Waals surface area contributed by atoms with Crippen molar-refractivity contribution in [2.45, 2.75) is 104 Å². The maximum atomic E-state index is 16.9. The van der Waals surface area contributed by atoms with Crippen molar-refractivity contribution in [3.05, 3.63) is 23.8 Å². The lowest BCUT2D eigenvalue weighted by atomic mass is 9.44. The summed E-state index contributed by atoms with van der Waals surface area (Å²) in [6, 6.07) is 0. The first-order chi connectivity index (χ1) is 20.1. The highest BCUT2D eigenvalue weighted by Crippen LogP contribution is 2.70. The molecule has 4 rings (SSSR count). The molecule has 0 aromatic carbocycles. The van der Waals surface area contributed by atoms with E-state index in [4.69, 9.17) is 9.53 Å². The van der Waals surface area contributed by atoms with Crippen molar-refractivity contribution in [3.63, 3.8) is 0 Å². The minimum Gasteiger partial charge on any atom is -0.459 e. The highest BCUT2D eigenvalue weighted by Gasteiger charge is 2.74. The van der Waals surface area contributed by atoms with Crippen LogP contribution in [0.25, 0.3) is 0 Å². The number of aliphatic hydroxyl groups excluding tert-OH is 1. The highest BCUT2D eigenvalue weighted by molar-refractivity contribution is 8.11. The van der Waals surface area contributed by atoms with Gasteiger partial charge in [-0.05, 0) is 82.6 Å². The van der Waals surface area contributed by atoms with Gasteiger partial charge in [0.1, 0.15) is 11.8 Å². The fourth-order valence-corrected chi connectivity index (χ4v) is 6.97. The molecule has 248 valence electrons. The van der Waals surface area contributed by atoms with Crippen molar-refractivity contribution in [1.29, 1.82) is 0 Å². The second kappa shape index (κ2) is 17.7. The van der Waals surface area contributed by atoms with Gasteiger partial charge in [0, 0.05) is 36.8 Å². The minimum absolute atomic E-state index is 0.0752. The third kappa shape index (κ3) is 8.12. The van der Waals surface area contributed by atoms with E-state index in [1.54, 1.807) is 38.3 Å². The molecular weight excluding hydrogens is 596 g/mol. The normalized spacial score (nSPS) is 36.3. The number of ether oxygens (including phenoxy) is 1. The van der Waals surface area contributed by atoms with E-state index in [9.17, 15) is 19.5 Å². The van der Waals surface area contributed by atoms with Crippen LogP contribution in [0.15, 0.2) is 23.8 Å². The van der Waals surface area contributed by atoms with Gasteiger partial charge in [-0.3, -0.25) is 19.2 Å².